The van der Waals surface area contributed by atoms with Crippen molar-refractivity contribution in [1.82, 2.24) is 15.2 Å². The number of hydrogen-bond donors (Lipinski definition) is 1. The van der Waals surface area contributed by atoms with E-state index in [1.54, 1.807) is 12.3 Å². The number of nitrogens with one attached hydrogen (secondary N) is 1. The molecule has 0 aliphatic carbocycles. The molecule has 1 aromatic heterocycles. The number of amides is 2. The maximum absolute atomic E-state index is 12.5. The van der Waals surface area contributed by atoms with E-state index in [1.807, 2.05) is 18.7 Å². The van der Waals surface area contributed by atoms with Crippen molar-refractivity contribution < 1.29 is 9.59 Å². The second-order valence-electron chi connectivity index (χ2n) is 6.22. The number of piperidine rings is 1. The molecule has 5 nitrogen and oxygen atoms in total. The van der Waals surface area contributed by atoms with Crippen molar-refractivity contribution in [2.45, 2.75) is 46.1 Å². The van der Waals surface area contributed by atoms with Crippen molar-refractivity contribution in [3.63, 3.8) is 0 Å². The molecule has 1 aliphatic rings. The number of nitrogens with zero attached hydrogens (tertiary/aromatic N) is 2. The summed E-state index contributed by atoms with van der Waals surface area (Å²) in [5.41, 5.74) is 0.933. The number of likely N-dealkylation sites (tertiary alicyclic amines) is 1. The first kappa shape index (κ1) is 16.5. The fourth-order valence-electron chi connectivity index (χ4n) is 2.48. The van der Waals surface area contributed by atoms with Gasteiger partial charge in [0.05, 0.1) is 11.1 Å². The lowest BCUT2D eigenvalue weighted by Gasteiger charge is -2.30. The molecule has 1 aliphatic heterocycles. The molecule has 22 heavy (non-hydrogen) atoms. The van der Waals surface area contributed by atoms with E-state index >= 15 is 0 Å². The molecule has 0 bridgehead atoms. The summed E-state index contributed by atoms with van der Waals surface area (Å²) in [6, 6.07) is 1.75. The number of carbonyl (C=O) groups is 2. The van der Waals surface area contributed by atoms with E-state index in [0.717, 1.165) is 32.4 Å². The lowest BCUT2D eigenvalue weighted by molar-refractivity contribution is 0.0697. The molecule has 1 unspecified atom stereocenters. The first-order valence-corrected chi connectivity index (χ1v) is 8.06. The Bertz CT molecular complexity index is 536. The average Bonchev–Trinajstić information content (AvgIpc) is 2.54. The van der Waals surface area contributed by atoms with Gasteiger partial charge >= 0.3 is 0 Å². The van der Waals surface area contributed by atoms with Crippen LogP contribution < -0.4 is 5.32 Å². The Kier molecular flexibility index (Phi) is 5.52. The fraction of sp³-hybridized carbons (Fsp3) is 0.588. The minimum atomic E-state index is -0.177. The van der Waals surface area contributed by atoms with Crippen molar-refractivity contribution >= 4 is 11.8 Å². The third-order valence-electron chi connectivity index (χ3n) is 4.31. The molecule has 1 fully saturated rings. The fourth-order valence-corrected chi connectivity index (χ4v) is 2.48. The Morgan fingerprint density at radius 1 is 1.32 bits per heavy atom. The van der Waals surface area contributed by atoms with E-state index in [1.165, 1.54) is 6.20 Å². The minimum Gasteiger partial charge on any atom is -0.350 e. The molecule has 1 saturated heterocycles. The van der Waals surface area contributed by atoms with Crippen LogP contribution in [-0.4, -0.2) is 40.8 Å². The van der Waals surface area contributed by atoms with E-state index < -0.39 is 0 Å². The first-order chi connectivity index (χ1) is 10.5. The van der Waals surface area contributed by atoms with Gasteiger partial charge in [-0.25, -0.2) is 0 Å². The van der Waals surface area contributed by atoms with Gasteiger partial charge in [0, 0.05) is 31.5 Å². The standard InChI is InChI=1S/C17H25N3O2/c1-4-13(3)19-16(21)14-9-15(11-18-10-14)17(22)20-7-5-12(2)6-8-20/h9-13H,4-8H2,1-3H3,(H,19,21). The molecule has 1 N–H and O–H groups in total. The third-order valence-corrected chi connectivity index (χ3v) is 4.31. The topological polar surface area (TPSA) is 62.3 Å². The molecule has 0 spiro atoms. The van der Waals surface area contributed by atoms with Crippen molar-refractivity contribution in [3.8, 4) is 0 Å². The summed E-state index contributed by atoms with van der Waals surface area (Å²) in [5, 5.41) is 2.89. The van der Waals surface area contributed by atoms with Crippen LogP contribution in [0.3, 0.4) is 0 Å². The summed E-state index contributed by atoms with van der Waals surface area (Å²) in [6.07, 6.45) is 5.98. The van der Waals surface area contributed by atoms with Crippen LogP contribution in [0.15, 0.2) is 18.5 Å². The van der Waals surface area contributed by atoms with E-state index in [-0.39, 0.29) is 17.9 Å². The summed E-state index contributed by atoms with van der Waals surface area (Å²) in [6.45, 7) is 7.74. The van der Waals surface area contributed by atoms with Crippen LogP contribution in [0.25, 0.3) is 0 Å². The molecule has 2 amide bonds. The Hall–Kier alpha value is -1.91. The zero-order valence-electron chi connectivity index (χ0n) is 13.6. The number of carbonyl (C=O) groups excluding carboxylic acids is 2. The molecule has 5 heteroatoms. The van der Waals surface area contributed by atoms with Crippen molar-refractivity contribution in [1.29, 1.82) is 0 Å². The van der Waals surface area contributed by atoms with Crippen molar-refractivity contribution in [3.05, 3.63) is 29.6 Å². The number of aromatic nitrogens is 1. The summed E-state index contributed by atoms with van der Waals surface area (Å²) in [4.78, 5) is 30.6. The molecule has 0 radical (unpaired) electrons. The predicted octanol–water partition coefficient (Wildman–Crippen LogP) is 2.48. The summed E-state index contributed by atoms with van der Waals surface area (Å²) in [7, 11) is 0. The van der Waals surface area contributed by atoms with E-state index in [9.17, 15) is 9.59 Å². The van der Waals surface area contributed by atoms with Gasteiger partial charge in [-0.1, -0.05) is 13.8 Å². The SMILES string of the molecule is CCC(C)NC(=O)c1cncc(C(=O)N2CCC(C)CC2)c1. The van der Waals surface area contributed by atoms with Gasteiger partial charge in [0.25, 0.3) is 11.8 Å². The Labute approximate surface area is 132 Å². The van der Waals surface area contributed by atoms with E-state index in [4.69, 9.17) is 0 Å². The smallest absolute Gasteiger partial charge is 0.255 e. The summed E-state index contributed by atoms with van der Waals surface area (Å²) >= 11 is 0. The molecular weight excluding hydrogens is 278 g/mol. The van der Waals surface area contributed by atoms with Gasteiger partial charge in [-0.15, -0.1) is 0 Å². The second-order valence-corrected chi connectivity index (χ2v) is 6.22. The van der Waals surface area contributed by atoms with Crippen LogP contribution in [0, 0.1) is 5.92 Å². The normalized spacial score (nSPS) is 17.1. The summed E-state index contributed by atoms with van der Waals surface area (Å²) in [5.74, 6) is 0.469. The highest BCUT2D eigenvalue weighted by Gasteiger charge is 2.22. The third kappa shape index (κ3) is 4.06. The minimum absolute atomic E-state index is 0.0300. The molecule has 1 atom stereocenters. The Morgan fingerprint density at radius 3 is 2.59 bits per heavy atom. The zero-order valence-corrected chi connectivity index (χ0v) is 13.6. The van der Waals surface area contributed by atoms with E-state index in [2.05, 4.69) is 17.2 Å². The largest absolute Gasteiger partial charge is 0.350 e. The zero-order chi connectivity index (χ0) is 16.1. The summed E-state index contributed by atoms with van der Waals surface area (Å²) < 4.78 is 0. The molecule has 2 heterocycles. The number of hydrogen-bond acceptors (Lipinski definition) is 3. The predicted molar refractivity (Wildman–Crippen MR) is 85.8 cm³/mol. The molecule has 0 saturated carbocycles. The Balaban J connectivity index is 2.07. The molecular formula is C17H25N3O2. The monoisotopic (exact) mass is 303 g/mol. The van der Waals surface area contributed by atoms with Gasteiger partial charge in [0.1, 0.15) is 0 Å². The van der Waals surface area contributed by atoms with Crippen LogP contribution >= 0.6 is 0 Å². The highest BCUT2D eigenvalue weighted by molar-refractivity contribution is 5.99. The van der Waals surface area contributed by atoms with Crippen LogP contribution in [0.1, 0.15) is 60.7 Å². The van der Waals surface area contributed by atoms with Gasteiger partial charge in [-0.05, 0) is 38.2 Å². The quantitative estimate of drug-likeness (QED) is 0.929. The van der Waals surface area contributed by atoms with Gasteiger partial charge in [-0.3, -0.25) is 14.6 Å². The first-order valence-electron chi connectivity index (χ1n) is 8.06. The number of pyridine rings is 1. The van der Waals surface area contributed by atoms with Gasteiger partial charge in [0.15, 0.2) is 0 Å². The lowest BCUT2D eigenvalue weighted by Crippen LogP contribution is -2.38. The van der Waals surface area contributed by atoms with Gasteiger partial charge < -0.3 is 10.2 Å². The molecule has 120 valence electrons. The lowest BCUT2D eigenvalue weighted by atomic mass is 9.98. The molecule has 1 aromatic rings. The van der Waals surface area contributed by atoms with Crippen LogP contribution in [-0.2, 0) is 0 Å². The number of rotatable bonds is 4. The Morgan fingerprint density at radius 2 is 1.95 bits per heavy atom. The molecule has 0 aromatic carbocycles. The van der Waals surface area contributed by atoms with Crippen molar-refractivity contribution in [2.24, 2.45) is 5.92 Å². The van der Waals surface area contributed by atoms with E-state index in [0.29, 0.717) is 17.0 Å². The van der Waals surface area contributed by atoms with Crippen LogP contribution in [0.2, 0.25) is 0 Å². The second kappa shape index (κ2) is 7.38. The highest BCUT2D eigenvalue weighted by atomic mass is 16.2. The average molecular weight is 303 g/mol. The van der Waals surface area contributed by atoms with Crippen LogP contribution in [0.4, 0.5) is 0 Å². The maximum atomic E-state index is 12.5. The van der Waals surface area contributed by atoms with Gasteiger partial charge in [0.2, 0.25) is 0 Å². The highest BCUT2D eigenvalue weighted by Crippen LogP contribution is 2.18. The van der Waals surface area contributed by atoms with Gasteiger partial charge in [-0.2, -0.15) is 0 Å². The maximum Gasteiger partial charge on any atom is 0.255 e. The molecule has 2 rings (SSSR count). The van der Waals surface area contributed by atoms with Crippen molar-refractivity contribution in [2.75, 3.05) is 13.1 Å². The van der Waals surface area contributed by atoms with Crippen LogP contribution in [0.5, 0.6) is 0 Å².